The minimum atomic E-state index is -4.86. The SMILES string of the molecule is CC(=CC(=O)C(F)(F)F)Nc1cccc2ccc(C)nc12. The Morgan fingerprint density at radius 2 is 1.95 bits per heavy atom. The van der Waals surface area contributed by atoms with E-state index in [0.717, 1.165) is 11.1 Å². The highest BCUT2D eigenvalue weighted by molar-refractivity contribution is 5.96. The lowest BCUT2D eigenvalue weighted by Gasteiger charge is -2.10. The molecule has 1 aromatic heterocycles. The van der Waals surface area contributed by atoms with Crippen LogP contribution in [0.2, 0.25) is 0 Å². The molecule has 0 aliphatic rings. The van der Waals surface area contributed by atoms with Crippen LogP contribution >= 0.6 is 0 Å². The number of alkyl halides is 3. The monoisotopic (exact) mass is 294 g/mol. The van der Waals surface area contributed by atoms with Crippen molar-refractivity contribution in [2.75, 3.05) is 5.32 Å². The fourth-order valence-electron chi connectivity index (χ4n) is 1.87. The molecule has 2 aromatic rings. The van der Waals surface area contributed by atoms with E-state index in [2.05, 4.69) is 10.3 Å². The van der Waals surface area contributed by atoms with Gasteiger partial charge < -0.3 is 5.32 Å². The van der Waals surface area contributed by atoms with Crippen molar-refractivity contribution in [2.45, 2.75) is 20.0 Å². The molecule has 3 nitrogen and oxygen atoms in total. The molecule has 0 radical (unpaired) electrons. The molecule has 0 unspecified atom stereocenters. The van der Waals surface area contributed by atoms with Gasteiger partial charge in [-0.3, -0.25) is 9.78 Å². The number of aryl methyl sites for hydroxylation is 1. The van der Waals surface area contributed by atoms with Gasteiger partial charge >= 0.3 is 6.18 Å². The largest absolute Gasteiger partial charge is 0.454 e. The summed E-state index contributed by atoms with van der Waals surface area (Å²) in [4.78, 5) is 15.3. The van der Waals surface area contributed by atoms with Crippen molar-refractivity contribution in [1.82, 2.24) is 4.98 Å². The number of hydrogen-bond acceptors (Lipinski definition) is 3. The number of nitrogens with one attached hydrogen (secondary N) is 1. The number of pyridine rings is 1. The summed E-state index contributed by atoms with van der Waals surface area (Å²) in [5, 5.41) is 3.65. The first-order valence-corrected chi connectivity index (χ1v) is 6.20. The summed E-state index contributed by atoms with van der Waals surface area (Å²) >= 11 is 0. The Morgan fingerprint density at radius 1 is 1.24 bits per heavy atom. The highest BCUT2D eigenvalue weighted by atomic mass is 19.4. The Labute approximate surface area is 119 Å². The standard InChI is InChI=1S/C15H13F3N2O/c1-9-6-7-11-4-3-5-12(14(11)20-9)19-10(2)8-13(21)15(16,17)18/h3-8,19H,1-2H3. The van der Waals surface area contributed by atoms with E-state index in [4.69, 9.17) is 0 Å². The Bertz CT molecular complexity index is 720. The first kappa shape index (κ1) is 15.0. The van der Waals surface area contributed by atoms with Crippen LogP contribution in [0, 0.1) is 6.92 Å². The number of para-hydroxylation sites is 1. The Kier molecular flexibility index (Phi) is 3.97. The van der Waals surface area contributed by atoms with Gasteiger partial charge in [-0.25, -0.2) is 0 Å². The Balaban J connectivity index is 2.34. The Morgan fingerprint density at radius 3 is 2.62 bits per heavy atom. The van der Waals surface area contributed by atoms with Gasteiger partial charge in [-0.05, 0) is 26.0 Å². The molecule has 0 aliphatic heterocycles. The summed E-state index contributed by atoms with van der Waals surface area (Å²) in [5.74, 6) is -1.89. The summed E-state index contributed by atoms with van der Waals surface area (Å²) in [6.07, 6.45) is -4.33. The predicted molar refractivity (Wildman–Crippen MR) is 74.9 cm³/mol. The predicted octanol–water partition coefficient (Wildman–Crippen LogP) is 3.99. The number of rotatable bonds is 3. The number of carbonyl (C=O) groups is 1. The van der Waals surface area contributed by atoms with Gasteiger partial charge in [-0.1, -0.05) is 18.2 Å². The van der Waals surface area contributed by atoms with Crippen molar-refractivity contribution in [1.29, 1.82) is 0 Å². The van der Waals surface area contributed by atoms with Gasteiger partial charge in [0.05, 0.1) is 11.2 Å². The van der Waals surface area contributed by atoms with Crippen LogP contribution in [0.5, 0.6) is 0 Å². The summed E-state index contributed by atoms with van der Waals surface area (Å²) in [5.41, 5.74) is 2.10. The van der Waals surface area contributed by atoms with Gasteiger partial charge in [0.2, 0.25) is 0 Å². The molecule has 6 heteroatoms. The van der Waals surface area contributed by atoms with Crippen molar-refractivity contribution in [2.24, 2.45) is 0 Å². The highest BCUT2D eigenvalue weighted by Gasteiger charge is 2.36. The van der Waals surface area contributed by atoms with Crippen LogP contribution in [0.1, 0.15) is 12.6 Å². The average molecular weight is 294 g/mol. The topological polar surface area (TPSA) is 42.0 Å². The number of benzene rings is 1. The molecule has 1 N–H and O–H groups in total. The summed E-state index contributed by atoms with van der Waals surface area (Å²) < 4.78 is 36.7. The van der Waals surface area contributed by atoms with Crippen molar-refractivity contribution in [3.8, 4) is 0 Å². The molecular weight excluding hydrogens is 281 g/mol. The zero-order valence-corrected chi connectivity index (χ0v) is 11.5. The van der Waals surface area contributed by atoms with Crippen LogP contribution < -0.4 is 5.32 Å². The summed E-state index contributed by atoms with van der Waals surface area (Å²) in [6.45, 7) is 3.23. The van der Waals surface area contributed by atoms with Crippen LogP contribution in [-0.4, -0.2) is 16.9 Å². The number of aromatic nitrogens is 1. The zero-order chi connectivity index (χ0) is 15.6. The fourth-order valence-corrected chi connectivity index (χ4v) is 1.87. The second kappa shape index (κ2) is 5.55. The van der Waals surface area contributed by atoms with Gasteiger partial charge in [-0.2, -0.15) is 13.2 Å². The van der Waals surface area contributed by atoms with Crippen molar-refractivity contribution in [3.05, 3.63) is 47.8 Å². The molecule has 0 saturated heterocycles. The first-order valence-electron chi connectivity index (χ1n) is 6.20. The molecule has 1 aromatic carbocycles. The Hall–Kier alpha value is -2.37. The summed E-state index contributed by atoms with van der Waals surface area (Å²) in [6, 6.07) is 9.04. The van der Waals surface area contributed by atoms with E-state index in [-0.39, 0.29) is 5.70 Å². The van der Waals surface area contributed by atoms with Crippen LogP contribution in [0.3, 0.4) is 0 Å². The number of carbonyl (C=O) groups excluding carboxylic acids is 1. The maximum atomic E-state index is 12.2. The molecule has 0 aliphatic carbocycles. The minimum Gasteiger partial charge on any atom is -0.357 e. The first-order chi connectivity index (χ1) is 9.77. The lowest BCUT2D eigenvalue weighted by Crippen LogP contribution is -2.21. The molecule has 0 amide bonds. The van der Waals surface area contributed by atoms with E-state index in [0.29, 0.717) is 17.3 Å². The molecule has 21 heavy (non-hydrogen) atoms. The molecule has 2 rings (SSSR count). The van der Waals surface area contributed by atoms with E-state index < -0.39 is 12.0 Å². The molecule has 0 spiro atoms. The van der Waals surface area contributed by atoms with E-state index in [1.807, 2.05) is 25.1 Å². The van der Waals surface area contributed by atoms with Crippen LogP contribution in [-0.2, 0) is 4.79 Å². The maximum Gasteiger partial charge on any atom is 0.454 e. The normalized spacial score (nSPS) is 12.5. The van der Waals surface area contributed by atoms with Crippen LogP contribution in [0.15, 0.2) is 42.1 Å². The second-order valence-corrected chi connectivity index (χ2v) is 4.64. The maximum absolute atomic E-state index is 12.2. The minimum absolute atomic E-state index is 0.105. The number of anilines is 1. The highest BCUT2D eigenvalue weighted by Crippen LogP contribution is 2.23. The van der Waals surface area contributed by atoms with E-state index in [9.17, 15) is 18.0 Å². The second-order valence-electron chi connectivity index (χ2n) is 4.64. The molecule has 110 valence electrons. The number of allylic oxidation sites excluding steroid dienone is 2. The van der Waals surface area contributed by atoms with Crippen molar-refractivity contribution >= 4 is 22.4 Å². The van der Waals surface area contributed by atoms with Crippen LogP contribution in [0.4, 0.5) is 18.9 Å². The van der Waals surface area contributed by atoms with Gasteiger partial charge in [0.1, 0.15) is 0 Å². The smallest absolute Gasteiger partial charge is 0.357 e. The molecule has 0 fully saturated rings. The quantitative estimate of drug-likeness (QED) is 0.870. The average Bonchev–Trinajstić information content (AvgIpc) is 2.38. The molecule has 0 atom stereocenters. The zero-order valence-electron chi connectivity index (χ0n) is 11.5. The summed E-state index contributed by atoms with van der Waals surface area (Å²) in [7, 11) is 0. The number of ketones is 1. The number of fused-ring (bicyclic) bond motifs is 1. The van der Waals surface area contributed by atoms with Gasteiger partial charge in [0, 0.05) is 22.9 Å². The molecular formula is C15H13F3N2O. The molecule has 1 heterocycles. The number of hydrogen-bond donors (Lipinski definition) is 1. The van der Waals surface area contributed by atoms with E-state index >= 15 is 0 Å². The number of halogens is 3. The lowest BCUT2D eigenvalue weighted by molar-refractivity contribution is -0.165. The van der Waals surface area contributed by atoms with Crippen LogP contribution in [0.25, 0.3) is 10.9 Å². The van der Waals surface area contributed by atoms with Crippen molar-refractivity contribution in [3.63, 3.8) is 0 Å². The third kappa shape index (κ3) is 3.59. The lowest BCUT2D eigenvalue weighted by atomic mass is 10.1. The van der Waals surface area contributed by atoms with Gasteiger partial charge in [0.25, 0.3) is 5.78 Å². The molecule has 0 saturated carbocycles. The molecule has 0 bridgehead atoms. The number of nitrogens with zero attached hydrogens (tertiary/aromatic N) is 1. The van der Waals surface area contributed by atoms with Crippen molar-refractivity contribution < 1.29 is 18.0 Å². The third-order valence-electron chi connectivity index (χ3n) is 2.82. The van der Waals surface area contributed by atoms with Gasteiger partial charge in [0.15, 0.2) is 0 Å². The van der Waals surface area contributed by atoms with E-state index in [1.54, 1.807) is 12.1 Å². The third-order valence-corrected chi connectivity index (χ3v) is 2.82. The van der Waals surface area contributed by atoms with Gasteiger partial charge in [-0.15, -0.1) is 0 Å². The fraction of sp³-hybridized carbons (Fsp3) is 0.200. The van der Waals surface area contributed by atoms with E-state index in [1.165, 1.54) is 6.92 Å².